The molecule has 4 rings (SSSR count). The second kappa shape index (κ2) is 7.06. The molecule has 2 aromatic carbocycles. The third-order valence-electron chi connectivity index (χ3n) is 5.49. The molecular weight excluding hydrogens is 355 g/mol. The van der Waals surface area contributed by atoms with Crippen molar-refractivity contribution in [2.24, 2.45) is 0 Å². The number of aliphatic hydroxyl groups excluding tert-OH is 1. The number of nitrogens with one attached hydrogen (secondary N) is 1. The summed E-state index contributed by atoms with van der Waals surface area (Å²) in [6.45, 7) is 5.99. The highest BCUT2D eigenvalue weighted by molar-refractivity contribution is 5.99. The minimum atomic E-state index is -0.260. The Labute approximate surface area is 164 Å². The second-order valence-corrected chi connectivity index (χ2v) is 8.04. The zero-order valence-electron chi connectivity index (χ0n) is 16.3. The second-order valence-electron chi connectivity index (χ2n) is 8.04. The molecule has 1 aliphatic rings. The Morgan fingerprint density at radius 3 is 2.54 bits per heavy atom. The van der Waals surface area contributed by atoms with Crippen LogP contribution in [0.3, 0.4) is 0 Å². The van der Waals surface area contributed by atoms with Crippen LogP contribution in [0.1, 0.15) is 43.7 Å². The van der Waals surface area contributed by atoms with Crippen LogP contribution in [0.25, 0.3) is 22.0 Å². The molecule has 1 heterocycles. The maximum atomic E-state index is 13.9. The van der Waals surface area contributed by atoms with Crippen LogP contribution in [-0.2, 0) is 0 Å². The first kappa shape index (κ1) is 18.7. The molecule has 0 saturated heterocycles. The van der Waals surface area contributed by atoms with Gasteiger partial charge in [-0.3, -0.25) is 0 Å². The predicted molar refractivity (Wildman–Crippen MR) is 110 cm³/mol. The lowest BCUT2D eigenvalue weighted by molar-refractivity contribution is 0.0835. The molecule has 28 heavy (non-hydrogen) atoms. The molecule has 0 unspecified atom stereocenters. The summed E-state index contributed by atoms with van der Waals surface area (Å²) in [6.07, 6.45) is 1.13. The average Bonchev–Trinajstić information content (AvgIpc) is 2.61. The number of benzene rings is 2. The number of phenolic OH excluding ortho intramolecular Hbond substituents is 1. The quantitative estimate of drug-likeness (QED) is 0.588. The van der Waals surface area contributed by atoms with E-state index >= 15 is 0 Å². The molecule has 1 fully saturated rings. The average molecular weight is 380 g/mol. The van der Waals surface area contributed by atoms with Crippen LogP contribution in [0.4, 0.5) is 10.2 Å². The van der Waals surface area contributed by atoms with E-state index in [1.165, 1.54) is 6.07 Å². The van der Waals surface area contributed by atoms with E-state index in [1.54, 1.807) is 25.1 Å². The number of phenols is 1. The van der Waals surface area contributed by atoms with Gasteiger partial charge in [0, 0.05) is 23.1 Å². The largest absolute Gasteiger partial charge is 0.508 e. The Balaban J connectivity index is 1.98. The van der Waals surface area contributed by atoms with E-state index in [2.05, 4.69) is 19.2 Å². The molecule has 0 spiro atoms. The van der Waals surface area contributed by atoms with Crippen molar-refractivity contribution < 1.29 is 14.6 Å². The molecule has 0 radical (unpaired) electrons. The Hall–Kier alpha value is -2.66. The Morgan fingerprint density at radius 2 is 1.89 bits per heavy atom. The molecule has 146 valence electrons. The number of aliphatic hydroxyl groups is 1. The van der Waals surface area contributed by atoms with E-state index in [0.29, 0.717) is 23.9 Å². The number of hydrogen-bond donors (Lipinski definition) is 3. The van der Waals surface area contributed by atoms with Gasteiger partial charge in [-0.2, -0.15) is 0 Å². The summed E-state index contributed by atoms with van der Waals surface area (Å²) in [7, 11) is 0. The molecule has 0 amide bonds. The minimum Gasteiger partial charge on any atom is -0.508 e. The number of rotatable bonds is 4. The Bertz CT molecular complexity index is 1040. The van der Waals surface area contributed by atoms with Gasteiger partial charge in [-0.25, -0.2) is 9.37 Å². The van der Waals surface area contributed by atoms with Crippen LogP contribution in [0.2, 0.25) is 0 Å². The molecule has 4 nitrogen and oxygen atoms in total. The lowest BCUT2D eigenvalue weighted by Crippen LogP contribution is -2.39. The summed E-state index contributed by atoms with van der Waals surface area (Å²) in [5.41, 5.74) is 4.27. The third-order valence-corrected chi connectivity index (χ3v) is 5.49. The molecule has 3 aromatic rings. The molecule has 0 atom stereocenters. The number of anilines is 1. The van der Waals surface area contributed by atoms with Crippen molar-refractivity contribution >= 4 is 16.7 Å². The molecule has 1 aliphatic carbocycles. The summed E-state index contributed by atoms with van der Waals surface area (Å²) in [5.74, 6) is 0.872. The van der Waals surface area contributed by atoms with Crippen LogP contribution in [0.15, 0.2) is 36.4 Å². The molecule has 0 bridgehead atoms. The highest BCUT2D eigenvalue weighted by atomic mass is 19.1. The van der Waals surface area contributed by atoms with E-state index in [9.17, 15) is 14.6 Å². The monoisotopic (exact) mass is 380 g/mol. The molecular formula is C23H25FN2O2. The number of aryl methyl sites for hydroxylation is 1. The van der Waals surface area contributed by atoms with Gasteiger partial charge in [0.1, 0.15) is 17.4 Å². The minimum absolute atomic E-state index is 0.156. The van der Waals surface area contributed by atoms with Gasteiger partial charge >= 0.3 is 0 Å². The molecule has 1 saturated carbocycles. The summed E-state index contributed by atoms with van der Waals surface area (Å²) in [4.78, 5) is 4.80. The van der Waals surface area contributed by atoms with Crippen LogP contribution < -0.4 is 5.32 Å². The number of pyridine rings is 1. The fourth-order valence-corrected chi connectivity index (χ4v) is 3.95. The Morgan fingerprint density at radius 1 is 1.14 bits per heavy atom. The third kappa shape index (κ3) is 3.31. The normalized spacial score (nSPS) is 19.1. The van der Waals surface area contributed by atoms with Gasteiger partial charge < -0.3 is 15.5 Å². The number of aromatic hydroxyl groups is 1. The van der Waals surface area contributed by atoms with E-state index in [0.717, 1.165) is 27.9 Å². The lowest BCUT2D eigenvalue weighted by Gasteiger charge is -2.34. The fraction of sp³-hybridized carbons (Fsp3) is 0.348. The van der Waals surface area contributed by atoms with Gasteiger partial charge in [0.2, 0.25) is 0 Å². The van der Waals surface area contributed by atoms with E-state index in [1.807, 2.05) is 12.1 Å². The Kier molecular flexibility index (Phi) is 4.71. The number of nitrogens with zero attached hydrogens (tertiary/aromatic N) is 1. The van der Waals surface area contributed by atoms with Crippen molar-refractivity contribution in [1.82, 2.24) is 4.98 Å². The van der Waals surface area contributed by atoms with Crippen molar-refractivity contribution in [3.63, 3.8) is 0 Å². The van der Waals surface area contributed by atoms with Crippen molar-refractivity contribution in [1.29, 1.82) is 0 Å². The number of aromatic nitrogens is 1. The van der Waals surface area contributed by atoms with Gasteiger partial charge in [0.25, 0.3) is 0 Å². The zero-order valence-corrected chi connectivity index (χ0v) is 16.3. The number of hydrogen-bond acceptors (Lipinski definition) is 4. The predicted octanol–water partition coefficient (Wildman–Crippen LogP) is 5.11. The standard InChI is InChI=1S/C23H25FN2O2/c1-12(2)21-22(14-4-7-19(24)13(3)8-14)18-6-5-16(27)11-20(18)26-23(21)25-15-9-17(28)10-15/h4-8,11-12,15,17,27-28H,9-10H2,1-3H3,(H,25,26). The van der Waals surface area contributed by atoms with Crippen molar-refractivity contribution in [2.75, 3.05) is 5.32 Å². The number of halogens is 1. The topological polar surface area (TPSA) is 65.4 Å². The smallest absolute Gasteiger partial charge is 0.131 e. The van der Waals surface area contributed by atoms with Gasteiger partial charge in [0.15, 0.2) is 0 Å². The highest BCUT2D eigenvalue weighted by Crippen LogP contribution is 2.41. The fourth-order valence-electron chi connectivity index (χ4n) is 3.95. The van der Waals surface area contributed by atoms with Crippen molar-refractivity contribution in [3.05, 3.63) is 53.3 Å². The zero-order chi connectivity index (χ0) is 20.0. The molecule has 0 aliphatic heterocycles. The molecule has 5 heteroatoms. The van der Waals surface area contributed by atoms with Crippen LogP contribution in [0, 0.1) is 12.7 Å². The van der Waals surface area contributed by atoms with E-state index in [-0.39, 0.29) is 29.6 Å². The van der Waals surface area contributed by atoms with Crippen LogP contribution >= 0.6 is 0 Å². The van der Waals surface area contributed by atoms with Crippen molar-refractivity contribution in [3.8, 4) is 16.9 Å². The lowest BCUT2D eigenvalue weighted by atomic mass is 9.87. The first-order valence-electron chi connectivity index (χ1n) is 9.71. The number of fused-ring (bicyclic) bond motifs is 1. The van der Waals surface area contributed by atoms with Crippen LogP contribution in [0.5, 0.6) is 5.75 Å². The van der Waals surface area contributed by atoms with Gasteiger partial charge in [-0.15, -0.1) is 0 Å². The van der Waals surface area contributed by atoms with Gasteiger partial charge in [0.05, 0.1) is 11.6 Å². The summed E-state index contributed by atoms with van der Waals surface area (Å²) in [5, 5.41) is 24.0. The maximum absolute atomic E-state index is 13.9. The summed E-state index contributed by atoms with van der Waals surface area (Å²) >= 11 is 0. The van der Waals surface area contributed by atoms with E-state index in [4.69, 9.17) is 4.98 Å². The SMILES string of the molecule is Cc1cc(-c2c(C(C)C)c(NC3CC(O)C3)nc3cc(O)ccc23)ccc1F. The van der Waals surface area contributed by atoms with Crippen LogP contribution in [-0.4, -0.2) is 27.3 Å². The van der Waals surface area contributed by atoms with Gasteiger partial charge in [-0.1, -0.05) is 19.9 Å². The van der Waals surface area contributed by atoms with Crippen molar-refractivity contribution in [2.45, 2.75) is 51.7 Å². The first-order chi connectivity index (χ1) is 13.3. The maximum Gasteiger partial charge on any atom is 0.131 e. The van der Waals surface area contributed by atoms with E-state index < -0.39 is 0 Å². The summed E-state index contributed by atoms with van der Waals surface area (Å²) in [6, 6.07) is 10.5. The van der Waals surface area contributed by atoms with Gasteiger partial charge in [-0.05, 0) is 66.6 Å². The highest BCUT2D eigenvalue weighted by Gasteiger charge is 2.29. The molecule has 1 aromatic heterocycles. The summed E-state index contributed by atoms with van der Waals surface area (Å²) < 4.78 is 13.9. The molecule has 3 N–H and O–H groups in total. The first-order valence-corrected chi connectivity index (χ1v) is 9.71.